The first-order valence-corrected chi connectivity index (χ1v) is 5.63. The van der Waals surface area contributed by atoms with Gasteiger partial charge in [-0.2, -0.15) is 0 Å². The lowest BCUT2D eigenvalue weighted by molar-refractivity contribution is 0.296. The first-order valence-electron chi connectivity index (χ1n) is 5.63. The largest absolute Gasteiger partial charge is 0.300 e. The summed E-state index contributed by atoms with van der Waals surface area (Å²) in [5.41, 5.74) is 1.40. The molecule has 0 aliphatic heterocycles. The van der Waals surface area contributed by atoms with Crippen LogP contribution in [0.4, 0.5) is 0 Å². The van der Waals surface area contributed by atoms with Crippen LogP contribution in [0.3, 0.4) is 0 Å². The predicted molar refractivity (Wildman–Crippen MR) is 64.4 cm³/mol. The second-order valence-corrected chi connectivity index (χ2v) is 2.95. The van der Waals surface area contributed by atoms with Crippen molar-refractivity contribution in [1.82, 2.24) is 4.90 Å². The molecule has 0 N–H and O–H groups in total. The summed E-state index contributed by atoms with van der Waals surface area (Å²) in [6, 6.07) is 10.6. The monoisotopic (exact) mass is 193 g/mol. The van der Waals surface area contributed by atoms with E-state index in [9.17, 15) is 0 Å². The Bertz CT molecular complexity index is 202. The number of nitrogens with zero attached hydrogens (tertiary/aromatic N) is 1. The van der Waals surface area contributed by atoms with Crippen molar-refractivity contribution in [2.45, 2.75) is 34.2 Å². The third-order valence-corrected chi connectivity index (χ3v) is 2.14. The van der Waals surface area contributed by atoms with Crippen LogP contribution in [0.2, 0.25) is 0 Å². The quantitative estimate of drug-likeness (QED) is 0.707. The van der Waals surface area contributed by atoms with Crippen molar-refractivity contribution in [1.29, 1.82) is 0 Å². The van der Waals surface area contributed by atoms with E-state index in [1.807, 2.05) is 13.8 Å². The zero-order chi connectivity index (χ0) is 10.8. The Labute approximate surface area is 88.8 Å². The predicted octanol–water partition coefficient (Wildman–Crippen LogP) is 3.55. The van der Waals surface area contributed by atoms with Gasteiger partial charge in [0.2, 0.25) is 0 Å². The zero-order valence-electron chi connectivity index (χ0n) is 9.96. The third kappa shape index (κ3) is 5.03. The summed E-state index contributed by atoms with van der Waals surface area (Å²) >= 11 is 0. The van der Waals surface area contributed by atoms with Gasteiger partial charge in [-0.05, 0) is 18.7 Å². The summed E-state index contributed by atoms with van der Waals surface area (Å²) in [4.78, 5) is 2.41. The number of rotatable bonds is 4. The summed E-state index contributed by atoms with van der Waals surface area (Å²) in [5.74, 6) is 0. The highest BCUT2D eigenvalue weighted by molar-refractivity contribution is 5.14. The summed E-state index contributed by atoms with van der Waals surface area (Å²) < 4.78 is 0. The molecule has 1 aromatic rings. The minimum Gasteiger partial charge on any atom is -0.300 e. The van der Waals surface area contributed by atoms with Crippen molar-refractivity contribution in [2.75, 3.05) is 13.1 Å². The smallest absolute Gasteiger partial charge is 0.0233 e. The van der Waals surface area contributed by atoms with Crippen molar-refractivity contribution >= 4 is 0 Å². The molecule has 0 unspecified atom stereocenters. The van der Waals surface area contributed by atoms with Crippen LogP contribution in [-0.2, 0) is 6.54 Å². The fourth-order valence-electron chi connectivity index (χ4n) is 1.29. The van der Waals surface area contributed by atoms with Gasteiger partial charge in [0.1, 0.15) is 0 Å². The molecule has 0 aromatic heterocycles. The maximum atomic E-state index is 2.41. The summed E-state index contributed by atoms with van der Waals surface area (Å²) in [6.45, 7) is 11.7. The summed E-state index contributed by atoms with van der Waals surface area (Å²) in [6.07, 6.45) is 0. The molecule has 0 atom stereocenters. The number of hydrogen-bond donors (Lipinski definition) is 0. The van der Waals surface area contributed by atoms with Gasteiger partial charge >= 0.3 is 0 Å². The van der Waals surface area contributed by atoms with Crippen molar-refractivity contribution in [3.63, 3.8) is 0 Å². The molecule has 0 saturated carbocycles. The Morgan fingerprint density at radius 1 is 0.929 bits per heavy atom. The third-order valence-electron chi connectivity index (χ3n) is 2.14. The molecule has 0 saturated heterocycles. The molecule has 1 rings (SSSR count). The van der Waals surface area contributed by atoms with Gasteiger partial charge < -0.3 is 0 Å². The summed E-state index contributed by atoms with van der Waals surface area (Å²) in [7, 11) is 0. The molecule has 80 valence electrons. The highest BCUT2D eigenvalue weighted by Crippen LogP contribution is 2.02. The minimum atomic E-state index is 1.08. The highest BCUT2D eigenvalue weighted by Gasteiger charge is 1.98. The van der Waals surface area contributed by atoms with E-state index in [2.05, 4.69) is 49.1 Å². The minimum absolute atomic E-state index is 1.08. The number of benzene rings is 1. The fraction of sp³-hybridized carbons (Fsp3) is 0.538. The van der Waals surface area contributed by atoms with Gasteiger partial charge in [0.05, 0.1) is 0 Å². The molecule has 0 bridgehead atoms. The molecule has 0 heterocycles. The van der Waals surface area contributed by atoms with E-state index in [4.69, 9.17) is 0 Å². The normalized spacial score (nSPS) is 9.50. The number of hydrogen-bond acceptors (Lipinski definition) is 1. The highest BCUT2D eigenvalue weighted by atomic mass is 15.1. The van der Waals surface area contributed by atoms with E-state index in [1.165, 1.54) is 5.56 Å². The van der Waals surface area contributed by atoms with Gasteiger partial charge in [0, 0.05) is 6.54 Å². The van der Waals surface area contributed by atoms with E-state index in [1.54, 1.807) is 0 Å². The van der Waals surface area contributed by atoms with Gasteiger partial charge in [-0.25, -0.2) is 0 Å². The SMILES string of the molecule is CC.CCN(CC)Cc1ccccc1. The standard InChI is InChI=1S/C11H17N.C2H6/c1-3-12(4-2)10-11-8-6-5-7-9-11;1-2/h5-9H,3-4,10H2,1-2H3;1-2H3. The van der Waals surface area contributed by atoms with Crippen molar-refractivity contribution < 1.29 is 0 Å². The van der Waals surface area contributed by atoms with Gasteiger partial charge in [-0.3, -0.25) is 4.90 Å². The average molecular weight is 193 g/mol. The average Bonchev–Trinajstić information content (AvgIpc) is 2.30. The van der Waals surface area contributed by atoms with Crippen molar-refractivity contribution in [3.8, 4) is 0 Å². The van der Waals surface area contributed by atoms with E-state index in [0.717, 1.165) is 19.6 Å². The molecule has 0 fully saturated rings. The molecular weight excluding hydrogens is 170 g/mol. The topological polar surface area (TPSA) is 3.24 Å². The molecule has 0 aliphatic rings. The molecule has 0 aliphatic carbocycles. The maximum absolute atomic E-state index is 2.41. The molecule has 0 amide bonds. The van der Waals surface area contributed by atoms with Crippen molar-refractivity contribution in [2.24, 2.45) is 0 Å². The van der Waals surface area contributed by atoms with Crippen LogP contribution in [0.15, 0.2) is 30.3 Å². The molecule has 14 heavy (non-hydrogen) atoms. The van der Waals surface area contributed by atoms with Crippen LogP contribution in [0, 0.1) is 0 Å². The molecule has 0 radical (unpaired) electrons. The summed E-state index contributed by atoms with van der Waals surface area (Å²) in [5, 5.41) is 0. The van der Waals surface area contributed by atoms with Crippen molar-refractivity contribution in [3.05, 3.63) is 35.9 Å². The van der Waals surface area contributed by atoms with Crippen LogP contribution in [0.5, 0.6) is 0 Å². The van der Waals surface area contributed by atoms with Gasteiger partial charge in [-0.1, -0.05) is 58.0 Å². The lowest BCUT2D eigenvalue weighted by Gasteiger charge is -2.17. The Hall–Kier alpha value is -0.820. The van der Waals surface area contributed by atoms with Gasteiger partial charge in [0.15, 0.2) is 0 Å². The van der Waals surface area contributed by atoms with Crippen LogP contribution in [0.25, 0.3) is 0 Å². The Balaban J connectivity index is 0.000000791. The van der Waals surface area contributed by atoms with E-state index in [-0.39, 0.29) is 0 Å². The lowest BCUT2D eigenvalue weighted by atomic mass is 10.2. The molecule has 1 heteroatoms. The van der Waals surface area contributed by atoms with Crippen LogP contribution in [-0.4, -0.2) is 18.0 Å². The van der Waals surface area contributed by atoms with Crippen LogP contribution < -0.4 is 0 Å². The molecular formula is C13H23N. The van der Waals surface area contributed by atoms with Gasteiger partial charge in [-0.15, -0.1) is 0 Å². The Morgan fingerprint density at radius 2 is 1.43 bits per heavy atom. The Kier molecular flexibility index (Phi) is 8.25. The van der Waals surface area contributed by atoms with E-state index < -0.39 is 0 Å². The van der Waals surface area contributed by atoms with E-state index >= 15 is 0 Å². The zero-order valence-corrected chi connectivity index (χ0v) is 9.96. The van der Waals surface area contributed by atoms with Gasteiger partial charge in [0.25, 0.3) is 0 Å². The molecule has 0 spiro atoms. The van der Waals surface area contributed by atoms with Crippen LogP contribution in [0.1, 0.15) is 33.3 Å². The lowest BCUT2D eigenvalue weighted by Crippen LogP contribution is -2.21. The second kappa shape index (κ2) is 8.76. The first-order chi connectivity index (χ1) is 6.86. The van der Waals surface area contributed by atoms with E-state index in [0.29, 0.717) is 0 Å². The van der Waals surface area contributed by atoms with Crippen LogP contribution >= 0.6 is 0 Å². The fourth-order valence-corrected chi connectivity index (χ4v) is 1.29. The Morgan fingerprint density at radius 3 is 1.86 bits per heavy atom. The second-order valence-electron chi connectivity index (χ2n) is 2.95. The molecule has 1 aromatic carbocycles. The maximum Gasteiger partial charge on any atom is 0.0233 e. The first kappa shape index (κ1) is 13.2. The molecule has 1 nitrogen and oxygen atoms in total.